The van der Waals surface area contributed by atoms with Gasteiger partial charge in [0.25, 0.3) is 0 Å². The summed E-state index contributed by atoms with van der Waals surface area (Å²) in [6.07, 6.45) is 87.6. The molecule has 6 nitrogen and oxygen atoms in total. The standard InChI is InChI=1S/C72H126O6/c1-4-7-10-13-16-19-22-24-26-27-28-29-30-31-32-33-34-35-36-37-38-39-40-41-42-43-44-45-46-48-50-53-56-59-62-65-71(74)77-68-69(67-76-70(73)64-61-58-55-52-49-21-18-15-12-9-6-3)78-72(75)66-63-60-57-54-51-47-25-23-20-17-14-11-8-5-2/h7,10,16,19,23-26,28-29,31-32,34-35,69H,4-6,8-9,11-15,17-18,20-22,27,30,33,36-68H2,1-3H3/b10-7-,19-16-,25-23-,26-24-,29-28-,32-31-,35-34-. The van der Waals surface area contributed by atoms with E-state index >= 15 is 0 Å². The van der Waals surface area contributed by atoms with Gasteiger partial charge in [-0.15, -0.1) is 0 Å². The third-order valence-corrected chi connectivity index (χ3v) is 14.6. The lowest BCUT2D eigenvalue weighted by molar-refractivity contribution is -0.167. The summed E-state index contributed by atoms with van der Waals surface area (Å²) in [5, 5.41) is 0. The Morgan fingerprint density at radius 3 is 0.795 bits per heavy atom. The molecule has 1 atom stereocenters. The van der Waals surface area contributed by atoms with Crippen molar-refractivity contribution in [2.24, 2.45) is 0 Å². The van der Waals surface area contributed by atoms with Crippen molar-refractivity contribution in [3.05, 3.63) is 85.1 Å². The molecule has 450 valence electrons. The van der Waals surface area contributed by atoms with Crippen molar-refractivity contribution in [2.45, 2.75) is 341 Å². The van der Waals surface area contributed by atoms with Crippen LogP contribution in [0.3, 0.4) is 0 Å². The van der Waals surface area contributed by atoms with Crippen molar-refractivity contribution in [2.75, 3.05) is 13.2 Å². The molecule has 0 aromatic carbocycles. The van der Waals surface area contributed by atoms with Gasteiger partial charge in [-0.25, -0.2) is 0 Å². The van der Waals surface area contributed by atoms with Crippen molar-refractivity contribution < 1.29 is 28.6 Å². The Morgan fingerprint density at radius 2 is 0.500 bits per heavy atom. The minimum Gasteiger partial charge on any atom is -0.462 e. The molecule has 1 unspecified atom stereocenters. The predicted molar refractivity (Wildman–Crippen MR) is 339 cm³/mol. The molecule has 0 N–H and O–H groups in total. The quantitative estimate of drug-likeness (QED) is 0.0261. The summed E-state index contributed by atoms with van der Waals surface area (Å²) in [4.78, 5) is 38.2. The van der Waals surface area contributed by atoms with E-state index in [1.807, 2.05) is 0 Å². The maximum Gasteiger partial charge on any atom is 0.306 e. The number of rotatable bonds is 61. The van der Waals surface area contributed by atoms with Gasteiger partial charge in [-0.05, 0) is 96.3 Å². The average Bonchev–Trinajstić information content (AvgIpc) is 3.44. The SMILES string of the molecule is CC/C=C\C/C=C\C/C=C\C/C=C\C/C=C\C/C=C\CCCCCCCCCCCCCCCCCCC(=O)OCC(COC(=O)CCCCCCCCCCCCC)OC(=O)CCCCCCC/C=C\CCCCCCC. The highest BCUT2D eigenvalue weighted by Crippen LogP contribution is 2.17. The van der Waals surface area contributed by atoms with Crippen LogP contribution in [0.1, 0.15) is 335 Å². The molecule has 0 amide bonds. The second-order valence-corrected chi connectivity index (χ2v) is 22.4. The summed E-state index contributed by atoms with van der Waals surface area (Å²) in [5.74, 6) is -0.868. The molecule has 78 heavy (non-hydrogen) atoms. The Labute approximate surface area is 484 Å². The molecule has 0 spiro atoms. The first-order valence-electron chi connectivity index (χ1n) is 33.6. The van der Waals surface area contributed by atoms with Crippen LogP contribution in [0.4, 0.5) is 0 Å². The fraction of sp³-hybridized carbons (Fsp3) is 0.764. The normalized spacial score (nSPS) is 12.6. The number of esters is 3. The first-order chi connectivity index (χ1) is 38.5. The van der Waals surface area contributed by atoms with Crippen LogP contribution in [0.15, 0.2) is 85.1 Å². The Balaban J connectivity index is 4.08. The number of carbonyl (C=O) groups is 3. The van der Waals surface area contributed by atoms with E-state index in [0.29, 0.717) is 19.3 Å². The van der Waals surface area contributed by atoms with E-state index in [0.717, 1.165) is 103 Å². The Kier molecular flexibility index (Phi) is 63.2. The molecule has 0 heterocycles. The van der Waals surface area contributed by atoms with Crippen LogP contribution in [-0.2, 0) is 28.6 Å². The highest BCUT2D eigenvalue weighted by Gasteiger charge is 2.19. The number of hydrogen-bond donors (Lipinski definition) is 0. The summed E-state index contributed by atoms with van der Waals surface area (Å²) in [5.41, 5.74) is 0. The van der Waals surface area contributed by atoms with Gasteiger partial charge in [0.05, 0.1) is 0 Å². The summed E-state index contributed by atoms with van der Waals surface area (Å²) in [6.45, 7) is 6.53. The number of allylic oxidation sites excluding steroid dienone is 14. The Morgan fingerprint density at radius 1 is 0.269 bits per heavy atom. The van der Waals surface area contributed by atoms with Gasteiger partial charge in [0.2, 0.25) is 0 Å². The monoisotopic (exact) mass is 1090 g/mol. The van der Waals surface area contributed by atoms with Crippen molar-refractivity contribution in [1.82, 2.24) is 0 Å². The summed E-state index contributed by atoms with van der Waals surface area (Å²) < 4.78 is 16.9. The lowest BCUT2D eigenvalue weighted by atomic mass is 10.0. The molecule has 0 saturated carbocycles. The zero-order valence-corrected chi connectivity index (χ0v) is 51.7. The third kappa shape index (κ3) is 63.4. The van der Waals surface area contributed by atoms with E-state index < -0.39 is 6.10 Å². The van der Waals surface area contributed by atoms with Crippen LogP contribution in [0, 0.1) is 0 Å². The summed E-state index contributed by atoms with van der Waals surface area (Å²) >= 11 is 0. The third-order valence-electron chi connectivity index (χ3n) is 14.6. The molecule has 0 bridgehead atoms. The molecule has 0 rings (SSSR count). The number of unbranched alkanes of at least 4 members (excludes halogenated alkanes) is 36. The highest BCUT2D eigenvalue weighted by atomic mass is 16.6. The molecule has 6 heteroatoms. The van der Waals surface area contributed by atoms with E-state index in [1.54, 1.807) is 0 Å². The summed E-state index contributed by atoms with van der Waals surface area (Å²) in [7, 11) is 0. The molecule has 0 saturated heterocycles. The van der Waals surface area contributed by atoms with Gasteiger partial charge in [0, 0.05) is 19.3 Å². The fourth-order valence-corrected chi connectivity index (χ4v) is 9.62. The van der Waals surface area contributed by atoms with E-state index in [9.17, 15) is 14.4 Å². The van der Waals surface area contributed by atoms with Crippen LogP contribution in [0.5, 0.6) is 0 Å². The average molecular weight is 1090 g/mol. The van der Waals surface area contributed by atoms with Gasteiger partial charge in [0.1, 0.15) is 13.2 Å². The predicted octanol–water partition coefficient (Wildman–Crippen LogP) is 23.1. The number of carbonyl (C=O) groups excluding carboxylic acids is 3. The first-order valence-corrected chi connectivity index (χ1v) is 33.6. The van der Waals surface area contributed by atoms with Crippen molar-refractivity contribution >= 4 is 17.9 Å². The molecular formula is C72H126O6. The van der Waals surface area contributed by atoms with Crippen LogP contribution >= 0.6 is 0 Å². The highest BCUT2D eigenvalue weighted by molar-refractivity contribution is 5.71. The molecule has 0 aliphatic heterocycles. The van der Waals surface area contributed by atoms with Crippen molar-refractivity contribution in [3.63, 3.8) is 0 Å². The zero-order valence-electron chi connectivity index (χ0n) is 51.7. The van der Waals surface area contributed by atoms with Gasteiger partial charge in [-0.1, -0.05) is 305 Å². The number of hydrogen-bond acceptors (Lipinski definition) is 6. The van der Waals surface area contributed by atoms with Crippen LogP contribution in [0.2, 0.25) is 0 Å². The van der Waals surface area contributed by atoms with Gasteiger partial charge in [0.15, 0.2) is 6.10 Å². The van der Waals surface area contributed by atoms with Gasteiger partial charge < -0.3 is 14.2 Å². The van der Waals surface area contributed by atoms with Crippen LogP contribution in [0.25, 0.3) is 0 Å². The molecule has 0 aliphatic rings. The van der Waals surface area contributed by atoms with E-state index in [4.69, 9.17) is 14.2 Å². The minimum absolute atomic E-state index is 0.0740. The summed E-state index contributed by atoms with van der Waals surface area (Å²) in [6, 6.07) is 0. The molecule has 0 aromatic rings. The van der Waals surface area contributed by atoms with Crippen molar-refractivity contribution in [3.8, 4) is 0 Å². The van der Waals surface area contributed by atoms with E-state index in [1.165, 1.54) is 193 Å². The van der Waals surface area contributed by atoms with E-state index in [-0.39, 0.29) is 31.1 Å². The van der Waals surface area contributed by atoms with Gasteiger partial charge in [-0.3, -0.25) is 14.4 Å². The Bertz CT molecular complexity index is 1480. The molecular weight excluding hydrogens is 961 g/mol. The first kappa shape index (κ1) is 74.6. The molecule has 0 fully saturated rings. The Hall–Kier alpha value is -3.41. The largest absolute Gasteiger partial charge is 0.462 e. The van der Waals surface area contributed by atoms with Crippen LogP contribution < -0.4 is 0 Å². The molecule has 0 aliphatic carbocycles. The lowest BCUT2D eigenvalue weighted by Crippen LogP contribution is -2.30. The van der Waals surface area contributed by atoms with Gasteiger partial charge in [-0.2, -0.15) is 0 Å². The smallest absolute Gasteiger partial charge is 0.306 e. The van der Waals surface area contributed by atoms with Gasteiger partial charge >= 0.3 is 17.9 Å². The number of ether oxygens (including phenoxy) is 3. The maximum atomic E-state index is 12.9. The fourth-order valence-electron chi connectivity index (χ4n) is 9.62. The molecule has 0 radical (unpaired) electrons. The minimum atomic E-state index is -0.776. The maximum absolute atomic E-state index is 12.9. The lowest BCUT2D eigenvalue weighted by Gasteiger charge is -2.18. The second kappa shape index (κ2) is 66.1. The van der Waals surface area contributed by atoms with E-state index in [2.05, 4.69) is 106 Å². The van der Waals surface area contributed by atoms with Crippen LogP contribution in [-0.4, -0.2) is 37.2 Å². The van der Waals surface area contributed by atoms with Crippen molar-refractivity contribution in [1.29, 1.82) is 0 Å². The molecule has 0 aromatic heterocycles. The zero-order chi connectivity index (χ0) is 56.4. The second-order valence-electron chi connectivity index (χ2n) is 22.4. The topological polar surface area (TPSA) is 78.9 Å².